The summed E-state index contributed by atoms with van der Waals surface area (Å²) in [6.07, 6.45) is 5.27. The lowest BCUT2D eigenvalue weighted by molar-refractivity contribution is -0.122. The van der Waals surface area contributed by atoms with Crippen LogP contribution in [0, 0.1) is 11.8 Å². The van der Waals surface area contributed by atoms with Gasteiger partial charge in [0.2, 0.25) is 5.91 Å². The van der Waals surface area contributed by atoms with E-state index in [2.05, 4.69) is 15.2 Å². The highest BCUT2D eigenvalue weighted by atomic mass is 16.5. The van der Waals surface area contributed by atoms with Gasteiger partial charge in [-0.3, -0.25) is 4.79 Å². The number of rotatable bonds is 6. The van der Waals surface area contributed by atoms with Gasteiger partial charge in [0, 0.05) is 32.1 Å². The molecule has 1 N–H and O–H groups in total. The van der Waals surface area contributed by atoms with E-state index in [1.807, 2.05) is 18.2 Å². The van der Waals surface area contributed by atoms with Crippen LogP contribution in [0.1, 0.15) is 32.1 Å². The number of fused-ring (bicyclic) bond motifs is 1. The molecular weight excluding hydrogens is 318 g/mol. The van der Waals surface area contributed by atoms with Gasteiger partial charge >= 0.3 is 0 Å². The molecule has 1 aromatic heterocycles. The highest BCUT2D eigenvalue weighted by Gasteiger charge is 2.26. The molecule has 1 saturated carbocycles. The molecule has 4 rings (SSSR count). The van der Waals surface area contributed by atoms with Crippen LogP contribution in [0.2, 0.25) is 0 Å². The molecule has 1 aliphatic heterocycles. The molecule has 25 heavy (non-hydrogen) atoms. The van der Waals surface area contributed by atoms with E-state index in [9.17, 15) is 4.79 Å². The Morgan fingerprint density at radius 1 is 1.36 bits per heavy atom. The maximum Gasteiger partial charge on any atom is 0.298 e. The van der Waals surface area contributed by atoms with Crippen molar-refractivity contribution < 1.29 is 13.9 Å². The van der Waals surface area contributed by atoms with Gasteiger partial charge in [-0.1, -0.05) is 0 Å². The maximum atomic E-state index is 12.1. The fourth-order valence-electron chi connectivity index (χ4n) is 3.48. The Morgan fingerprint density at radius 2 is 2.24 bits per heavy atom. The van der Waals surface area contributed by atoms with Crippen LogP contribution in [0.15, 0.2) is 22.6 Å². The van der Waals surface area contributed by atoms with E-state index in [-0.39, 0.29) is 5.91 Å². The van der Waals surface area contributed by atoms with E-state index < -0.39 is 0 Å². The predicted molar refractivity (Wildman–Crippen MR) is 95.8 cm³/mol. The van der Waals surface area contributed by atoms with E-state index in [1.54, 1.807) is 7.11 Å². The second-order valence-electron chi connectivity index (χ2n) is 7.24. The van der Waals surface area contributed by atoms with E-state index in [0.717, 1.165) is 55.2 Å². The number of oxazole rings is 1. The normalized spacial score (nSPS) is 20.7. The number of carbonyl (C=O) groups is 1. The number of ether oxygens (including phenoxy) is 1. The molecule has 1 aromatic carbocycles. The van der Waals surface area contributed by atoms with E-state index in [1.165, 1.54) is 12.8 Å². The molecule has 1 saturated heterocycles. The van der Waals surface area contributed by atoms with Gasteiger partial charge in [-0.2, -0.15) is 4.98 Å². The van der Waals surface area contributed by atoms with Crippen LogP contribution in [0.25, 0.3) is 11.1 Å². The second-order valence-corrected chi connectivity index (χ2v) is 7.24. The van der Waals surface area contributed by atoms with E-state index in [0.29, 0.717) is 18.4 Å². The van der Waals surface area contributed by atoms with Crippen molar-refractivity contribution in [3.63, 3.8) is 0 Å². The lowest BCUT2D eigenvalue weighted by Crippen LogP contribution is -2.38. The summed E-state index contributed by atoms with van der Waals surface area (Å²) in [7, 11) is 1.64. The Bertz CT molecular complexity index is 753. The molecule has 2 aromatic rings. The second kappa shape index (κ2) is 6.94. The van der Waals surface area contributed by atoms with Crippen molar-refractivity contribution in [2.45, 2.75) is 32.1 Å². The number of hydrogen-bond acceptors (Lipinski definition) is 5. The number of piperidine rings is 1. The van der Waals surface area contributed by atoms with Crippen LogP contribution in [-0.2, 0) is 4.79 Å². The van der Waals surface area contributed by atoms with Gasteiger partial charge in [-0.25, -0.2) is 0 Å². The summed E-state index contributed by atoms with van der Waals surface area (Å²) in [4.78, 5) is 18.9. The van der Waals surface area contributed by atoms with Crippen molar-refractivity contribution in [1.29, 1.82) is 0 Å². The molecule has 0 spiro atoms. The number of benzene rings is 1. The Labute approximate surface area is 147 Å². The van der Waals surface area contributed by atoms with Crippen LogP contribution in [-0.4, -0.2) is 37.6 Å². The smallest absolute Gasteiger partial charge is 0.298 e. The number of methoxy groups -OCH3 is 1. The van der Waals surface area contributed by atoms with Gasteiger partial charge in [-0.05, 0) is 49.7 Å². The van der Waals surface area contributed by atoms with Crippen molar-refractivity contribution >= 4 is 23.0 Å². The first kappa shape index (κ1) is 16.2. The molecule has 1 amide bonds. The van der Waals surface area contributed by atoms with Crippen LogP contribution in [0.3, 0.4) is 0 Å². The summed E-state index contributed by atoms with van der Waals surface area (Å²) in [5.74, 6) is 2.04. The quantitative estimate of drug-likeness (QED) is 0.873. The summed E-state index contributed by atoms with van der Waals surface area (Å²) in [6.45, 7) is 2.59. The highest BCUT2D eigenvalue weighted by molar-refractivity contribution is 5.77. The lowest BCUT2D eigenvalue weighted by atomic mass is 9.94. The van der Waals surface area contributed by atoms with Crippen LogP contribution < -0.4 is 15.0 Å². The standard InChI is InChI=1S/C19H25N3O3/c1-24-15-6-7-17-16(10-15)21-19(25-17)22-8-2-3-14(12-22)9-18(23)20-11-13-4-5-13/h6-7,10,13-14H,2-5,8-9,11-12H2,1H3,(H,20,23). The zero-order chi connectivity index (χ0) is 17.2. The molecule has 6 heteroatoms. The Hall–Kier alpha value is -2.24. The monoisotopic (exact) mass is 343 g/mol. The van der Waals surface area contributed by atoms with Gasteiger partial charge < -0.3 is 19.4 Å². The minimum atomic E-state index is 0.182. The summed E-state index contributed by atoms with van der Waals surface area (Å²) in [5, 5.41) is 3.07. The number of nitrogens with zero attached hydrogens (tertiary/aromatic N) is 2. The Kier molecular flexibility index (Phi) is 4.51. The molecular formula is C19H25N3O3. The molecule has 134 valence electrons. The number of carbonyl (C=O) groups excluding carboxylic acids is 1. The van der Waals surface area contributed by atoms with E-state index >= 15 is 0 Å². The highest BCUT2D eigenvalue weighted by Crippen LogP contribution is 2.30. The van der Waals surface area contributed by atoms with Gasteiger partial charge in [0.1, 0.15) is 11.3 Å². The number of amides is 1. The van der Waals surface area contributed by atoms with Crippen LogP contribution in [0.5, 0.6) is 5.75 Å². The van der Waals surface area contributed by atoms with Gasteiger partial charge in [0.05, 0.1) is 7.11 Å². The van der Waals surface area contributed by atoms with Crippen molar-refractivity contribution in [3.05, 3.63) is 18.2 Å². The maximum absolute atomic E-state index is 12.1. The summed E-state index contributed by atoms with van der Waals surface area (Å²) in [6, 6.07) is 6.29. The first-order valence-corrected chi connectivity index (χ1v) is 9.17. The third kappa shape index (κ3) is 3.89. The summed E-state index contributed by atoms with van der Waals surface area (Å²) >= 11 is 0. The predicted octanol–water partition coefficient (Wildman–Crippen LogP) is 2.97. The minimum Gasteiger partial charge on any atom is -0.497 e. The first-order valence-electron chi connectivity index (χ1n) is 9.17. The number of nitrogens with one attached hydrogen (secondary N) is 1. The van der Waals surface area contributed by atoms with Gasteiger partial charge in [-0.15, -0.1) is 0 Å². The molecule has 1 unspecified atom stereocenters. The third-order valence-corrected chi connectivity index (χ3v) is 5.13. The lowest BCUT2D eigenvalue weighted by Gasteiger charge is -2.31. The Balaban J connectivity index is 1.39. The zero-order valence-electron chi connectivity index (χ0n) is 14.7. The molecule has 0 radical (unpaired) electrons. The van der Waals surface area contributed by atoms with Crippen molar-refractivity contribution in [1.82, 2.24) is 10.3 Å². The zero-order valence-corrected chi connectivity index (χ0v) is 14.7. The Morgan fingerprint density at radius 3 is 3.04 bits per heavy atom. The van der Waals surface area contributed by atoms with E-state index in [4.69, 9.17) is 9.15 Å². The number of hydrogen-bond donors (Lipinski definition) is 1. The summed E-state index contributed by atoms with van der Waals surface area (Å²) < 4.78 is 11.1. The number of anilines is 1. The first-order chi connectivity index (χ1) is 12.2. The number of aromatic nitrogens is 1. The van der Waals surface area contributed by atoms with Crippen LogP contribution in [0.4, 0.5) is 6.01 Å². The SMILES string of the molecule is COc1ccc2oc(N3CCCC(CC(=O)NCC4CC4)C3)nc2c1. The fourth-order valence-corrected chi connectivity index (χ4v) is 3.48. The molecule has 1 atom stereocenters. The van der Waals surface area contributed by atoms with Gasteiger partial charge in [0.25, 0.3) is 6.01 Å². The van der Waals surface area contributed by atoms with Crippen molar-refractivity contribution in [2.24, 2.45) is 11.8 Å². The van der Waals surface area contributed by atoms with Crippen molar-refractivity contribution in [2.75, 3.05) is 31.6 Å². The minimum absolute atomic E-state index is 0.182. The van der Waals surface area contributed by atoms with Gasteiger partial charge in [0.15, 0.2) is 5.58 Å². The molecule has 2 heterocycles. The average Bonchev–Trinajstić information content (AvgIpc) is 3.36. The van der Waals surface area contributed by atoms with Crippen molar-refractivity contribution in [3.8, 4) is 5.75 Å². The largest absolute Gasteiger partial charge is 0.497 e. The summed E-state index contributed by atoms with van der Waals surface area (Å²) in [5.41, 5.74) is 1.57. The molecule has 0 bridgehead atoms. The topological polar surface area (TPSA) is 67.6 Å². The molecule has 2 aliphatic rings. The molecule has 6 nitrogen and oxygen atoms in total. The average molecular weight is 343 g/mol. The fraction of sp³-hybridized carbons (Fsp3) is 0.579. The molecule has 1 aliphatic carbocycles. The molecule has 2 fully saturated rings. The van der Waals surface area contributed by atoms with Crippen LogP contribution >= 0.6 is 0 Å². The third-order valence-electron chi connectivity index (χ3n) is 5.13.